The monoisotopic (exact) mass is 271 g/mol. The summed E-state index contributed by atoms with van der Waals surface area (Å²) in [5.74, 6) is 0. The summed E-state index contributed by atoms with van der Waals surface area (Å²) in [7, 11) is 0. The van der Waals surface area contributed by atoms with Gasteiger partial charge in [-0.25, -0.2) is 0 Å². The molecule has 0 spiro atoms. The lowest BCUT2D eigenvalue weighted by atomic mass is 9.94. The molecule has 21 heavy (non-hydrogen) atoms. The van der Waals surface area contributed by atoms with E-state index in [1.54, 1.807) is 0 Å². The molecule has 0 fully saturated rings. The Kier molecular flexibility index (Phi) is 2.61. The number of rotatable bonds is 1. The van der Waals surface area contributed by atoms with Crippen molar-refractivity contribution in [3.63, 3.8) is 0 Å². The molecule has 0 amide bonds. The molecule has 0 unspecified atom stereocenters. The van der Waals surface area contributed by atoms with E-state index in [9.17, 15) is 0 Å². The topological polar surface area (TPSA) is 15.8 Å². The number of aryl methyl sites for hydroxylation is 2. The van der Waals surface area contributed by atoms with Gasteiger partial charge in [0.05, 0.1) is 5.52 Å². The van der Waals surface area contributed by atoms with Crippen LogP contribution in [-0.4, -0.2) is 4.98 Å². The minimum absolute atomic E-state index is 1.20. The fraction of sp³-hybridized carbons (Fsp3) is 0.100. The minimum Gasteiger partial charge on any atom is -0.354 e. The number of para-hydroxylation sites is 2. The molecular weight excluding hydrogens is 254 g/mol. The van der Waals surface area contributed by atoms with Crippen LogP contribution in [0.1, 0.15) is 11.1 Å². The molecule has 0 aliphatic carbocycles. The van der Waals surface area contributed by atoms with Gasteiger partial charge in [-0.1, -0.05) is 54.6 Å². The Bertz CT molecular complexity index is 940. The van der Waals surface area contributed by atoms with Gasteiger partial charge < -0.3 is 4.98 Å². The van der Waals surface area contributed by atoms with Crippen LogP contribution in [0.2, 0.25) is 0 Å². The molecule has 4 aromatic rings. The van der Waals surface area contributed by atoms with Crippen LogP contribution >= 0.6 is 0 Å². The third-order valence-electron chi connectivity index (χ3n) is 4.29. The average molecular weight is 271 g/mol. The minimum atomic E-state index is 1.20. The maximum Gasteiger partial charge on any atom is 0.0544 e. The highest BCUT2D eigenvalue weighted by Gasteiger charge is 2.12. The third kappa shape index (κ3) is 1.78. The van der Waals surface area contributed by atoms with E-state index in [0.29, 0.717) is 0 Å². The van der Waals surface area contributed by atoms with E-state index in [0.717, 1.165) is 0 Å². The zero-order valence-corrected chi connectivity index (χ0v) is 12.3. The van der Waals surface area contributed by atoms with Gasteiger partial charge in [0, 0.05) is 21.9 Å². The van der Waals surface area contributed by atoms with Crippen molar-refractivity contribution in [2.75, 3.05) is 0 Å². The molecule has 1 nitrogen and oxygen atoms in total. The van der Waals surface area contributed by atoms with Crippen molar-refractivity contribution in [2.45, 2.75) is 13.8 Å². The largest absolute Gasteiger partial charge is 0.354 e. The number of aromatic nitrogens is 1. The summed E-state index contributed by atoms with van der Waals surface area (Å²) in [6, 6.07) is 21.6. The molecule has 1 heterocycles. The molecule has 4 rings (SSSR count). The van der Waals surface area contributed by atoms with E-state index in [4.69, 9.17) is 0 Å². The molecule has 0 radical (unpaired) electrons. The zero-order valence-electron chi connectivity index (χ0n) is 12.3. The lowest BCUT2D eigenvalue weighted by Gasteiger charge is -2.11. The van der Waals surface area contributed by atoms with Gasteiger partial charge in [-0.15, -0.1) is 0 Å². The first-order chi connectivity index (χ1) is 10.3. The second-order valence-electron chi connectivity index (χ2n) is 5.67. The van der Waals surface area contributed by atoms with Crippen LogP contribution in [0.5, 0.6) is 0 Å². The molecule has 1 heteroatoms. The summed E-state index contributed by atoms with van der Waals surface area (Å²) in [5.41, 5.74) is 7.71. The standard InChI is InChI=1S/C20H17N/c1-13-7-5-8-14(2)19(13)17-11-6-10-16-15-9-3-4-12-18(15)21-20(16)17/h3-12,21H,1-2H3. The summed E-state index contributed by atoms with van der Waals surface area (Å²) in [5, 5.41) is 2.59. The van der Waals surface area contributed by atoms with E-state index >= 15 is 0 Å². The van der Waals surface area contributed by atoms with Gasteiger partial charge in [0.2, 0.25) is 0 Å². The first-order valence-corrected chi connectivity index (χ1v) is 7.32. The first-order valence-electron chi connectivity index (χ1n) is 7.32. The molecule has 1 N–H and O–H groups in total. The maximum absolute atomic E-state index is 3.60. The molecule has 0 atom stereocenters. The van der Waals surface area contributed by atoms with E-state index < -0.39 is 0 Å². The van der Waals surface area contributed by atoms with Gasteiger partial charge in [-0.05, 0) is 36.6 Å². The number of H-pyrrole nitrogens is 1. The van der Waals surface area contributed by atoms with Crippen molar-refractivity contribution in [3.8, 4) is 11.1 Å². The predicted molar refractivity (Wildman–Crippen MR) is 90.7 cm³/mol. The third-order valence-corrected chi connectivity index (χ3v) is 4.29. The van der Waals surface area contributed by atoms with Crippen molar-refractivity contribution in [2.24, 2.45) is 0 Å². The highest BCUT2D eigenvalue weighted by atomic mass is 14.7. The van der Waals surface area contributed by atoms with Crippen LogP contribution in [0.15, 0.2) is 60.7 Å². The molecule has 1 aromatic heterocycles. The maximum atomic E-state index is 3.60. The van der Waals surface area contributed by atoms with Crippen molar-refractivity contribution in [1.29, 1.82) is 0 Å². The number of benzene rings is 3. The molecular formula is C20H17N. The van der Waals surface area contributed by atoms with Crippen LogP contribution in [0.25, 0.3) is 32.9 Å². The van der Waals surface area contributed by atoms with E-state index in [1.807, 2.05) is 0 Å². The van der Waals surface area contributed by atoms with Crippen molar-refractivity contribution < 1.29 is 0 Å². The summed E-state index contributed by atoms with van der Waals surface area (Å²) < 4.78 is 0. The zero-order chi connectivity index (χ0) is 14.4. The van der Waals surface area contributed by atoms with Crippen LogP contribution in [0, 0.1) is 13.8 Å². The summed E-state index contributed by atoms with van der Waals surface area (Å²) in [6.07, 6.45) is 0. The fourth-order valence-electron chi connectivity index (χ4n) is 3.32. The number of fused-ring (bicyclic) bond motifs is 3. The predicted octanol–water partition coefficient (Wildman–Crippen LogP) is 5.60. The second kappa shape index (κ2) is 4.49. The van der Waals surface area contributed by atoms with E-state index in [1.165, 1.54) is 44.1 Å². The van der Waals surface area contributed by atoms with Crippen molar-refractivity contribution >= 4 is 21.8 Å². The Hall–Kier alpha value is -2.54. The lowest BCUT2D eigenvalue weighted by molar-refractivity contribution is 1.38. The number of hydrogen-bond donors (Lipinski definition) is 1. The van der Waals surface area contributed by atoms with Crippen LogP contribution in [-0.2, 0) is 0 Å². The average Bonchev–Trinajstić information content (AvgIpc) is 2.87. The van der Waals surface area contributed by atoms with Gasteiger partial charge in [0.15, 0.2) is 0 Å². The normalized spacial score (nSPS) is 11.3. The molecule has 3 aromatic carbocycles. The summed E-state index contributed by atoms with van der Waals surface area (Å²) in [6.45, 7) is 4.37. The Morgan fingerprint density at radius 3 is 2.14 bits per heavy atom. The van der Waals surface area contributed by atoms with Gasteiger partial charge in [-0.3, -0.25) is 0 Å². The van der Waals surface area contributed by atoms with Crippen LogP contribution < -0.4 is 0 Å². The smallest absolute Gasteiger partial charge is 0.0544 e. The fourth-order valence-corrected chi connectivity index (χ4v) is 3.32. The SMILES string of the molecule is Cc1cccc(C)c1-c1cccc2c1[nH]c1ccccc12. The molecule has 0 saturated heterocycles. The Morgan fingerprint density at radius 2 is 1.33 bits per heavy atom. The quantitative estimate of drug-likeness (QED) is 0.463. The second-order valence-corrected chi connectivity index (χ2v) is 5.67. The van der Waals surface area contributed by atoms with Gasteiger partial charge in [0.25, 0.3) is 0 Å². The number of hydrogen-bond acceptors (Lipinski definition) is 0. The highest BCUT2D eigenvalue weighted by Crippen LogP contribution is 2.35. The van der Waals surface area contributed by atoms with Crippen LogP contribution in [0.4, 0.5) is 0 Å². The first kappa shape index (κ1) is 12.2. The molecule has 0 aliphatic heterocycles. The van der Waals surface area contributed by atoms with Gasteiger partial charge >= 0.3 is 0 Å². The van der Waals surface area contributed by atoms with Gasteiger partial charge in [-0.2, -0.15) is 0 Å². The number of aromatic amines is 1. The van der Waals surface area contributed by atoms with Crippen LogP contribution in [0.3, 0.4) is 0 Å². The van der Waals surface area contributed by atoms with E-state index in [-0.39, 0.29) is 0 Å². The Morgan fingerprint density at radius 1 is 0.667 bits per heavy atom. The summed E-state index contributed by atoms with van der Waals surface area (Å²) >= 11 is 0. The Balaban J connectivity index is 2.15. The summed E-state index contributed by atoms with van der Waals surface area (Å²) in [4.78, 5) is 3.60. The molecule has 0 aliphatic rings. The van der Waals surface area contributed by atoms with Crippen molar-refractivity contribution in [1.82, 2.24) is 4.98 Å². The molecule has 0 bridgehead atoms. The van der Waals surface area contributed by atoms with Gasteiger partial charge in [0.1, 0.15) is 0 Å². The van der Waals surface area contributed by atoms with Crippen molar-refractivity contribution in [3.05, 3.63) is 71.8 Å². The molecule has 0 saturated carbocycles. The van der Waals surface area contributed by atoms with E-state index in [2.05, 4.69) is 79.5 Å². The molecule has 102 valence electrons. The highest BCUT2D eigenvalue weighted by molar-refractivity contribution is 6.12. The number of nitrogens with one attached hydrogen (secondary N) is 1. The lowest BCUT2D eigenvalue weighted by Crippen LogP contribution is -1.88. The Labute approximate surface area is 124 Å².